The molecule has 0 saturated heterocycles. The first-order valence-electron chi connectivity index (χ1n) is 8.13. The number of rotatable bonds is 8. The van der Waals surface area contributed by atoms with Crippen molar-refractivity contribution in [1.29, 1.82) is 0 Å². The van der Waals surface area contributed by atoms with Gasteiger partial charge in [-0.1, -0.05) is 6.07 Å². The number of carbonyl (C=O) groups is 2. The van der Waals surface area contributed by atoms with Crippen molar-refractivity contribution in [2.75, 3.05) is 20.8 Å². The van der Waals surface area contributed by atoms with E-state index >= 15 is 0 Å². The summed E-state index contributed by atoms with van der Waals surface area (Å²) in [7, 11) is 3.14. The molecule has 0 bridgehead atoms. The summed E-state index contributed by atoms with van der Waals surface area (Å²) in [6.07, 6.45) is -0.842. The molecule has 2 rings (SSSR count). The average Bonchev–Trinajstić information content (AvgIpc) is 3.08. The second-order valence-electron chi connectivity index (χ2n) is 5.39. The number of hydrogen-bond donors (Lipinski definition) is 1. The summed E-state index contributed by atoms with van der Waals surface area (Å²) in [4.78, 5) is 28.1. The van der Waals surface area contributed by atoms with E-state index in [9.17, 15) is 9.59 Å². The van der Waals surface area contributed by atoms with E-state index in [1.54, 1.807) is 32.6 Å². The molecular weight excluding hydrogens is 356 g/mol. The van der Waals surface area contributed by atoms with Gasteiger partial charge < -0.3 is 19.5 Å². The normalized spacial score (nSPS) is 11.5. The van der Waals surface area contributed by atoms with E-state index in [0.29, 0.717) is 28.7 Å². The van der Waals surface area contributed by atoms with Crippen LogP contribution in [0.4, 0.5) is 0 Å². The zero-order valence-corrected chi connectivity index (χ0v) is 16.0. The Morgan fingerprint density at radius 3 is 2.69 bits per heavy atom. The number of amides is 1. The standard InChI is InChI=1S/C18H22N2O5S/c1-5-19-17(22)11(2)25-15(21)9-12-10-26-18(20-12)13-7-6-8-14(23-3)16(13)24-4/h6-8,10-11H,5,9H2,1-4H3,(H,19,22)/t11-/m0/s1. The highest BCUT2D eigenvalue weighted by Gasteiger charge is 2.19. The van der Waals surface area contributed by atoms with Gasteiger partial charge in [-0.05, 0) is 26.0 Å². The summed E-state index contributed by atoms with van der Waals surface area (Å²) in [5, 5.41) is 5.10. The SMILES string of the molecule is CCNC(=O)[C@H](C)OC(=O)Cc1csc(-c2cccc(OC)c2OC)n1. The number of likely N-dealkylation sites (N-methyl/N-ethyl adjacent to an activating group) is 1. The Morgan fingerprint density at radius 2 is 2.04 bits per heavy atom. The molecule has 2 aromatic rings. The van der Waals surface area contributed by atoms with Crippen LogP contribution in [0.3, 0.4) is 0 Å². The third kappa shape index (κ3) is 4.72. The van der Waals surface area contributed by atoms with Crippen LogP contribution in [0.1, 0.15) is 19.5 Å². The predicted molar refractivity (Wildman–Crippen MR) is 98.6 cm³/mol. The summed E-state index contributed by atoms with van der Waals surface area (Å²) in [6.45, 7) is 3.82. The number of carbonyl (C=O) groups excluding carboxylic acids is 2. The van der Waals surface area contributed by atoms with Gasteiger partial charge in [0.05, 0.1) is 31.9 Å². The number of benzene rings is 1. The molecule has 0 radical (unpaired) electrons. The maximum absolute atomic E-state index is 12.0. The molecule has 0 aliphatic rings. The first-order valence-corrected chi connectivity index (χ1v) is 9.01. The van der Waals surface area contributed by atoms with Crippen LogP contribution in [0.15, 0.2) is 23.6 Å². The molecular formula is C18H22N2O5S. The predicted octanol–water partition coefficient (Wildman–Crippen LogP) is 2.44. The minimum atomic E-state index is -0.834. The van der Waals surface area contributed by atoms with E-state index < -0.39 is 12.1 Å². The van der Waals surface area contributed by atoms with E-state index in [1.807, 2.05) is 12.1 Å². The fraction of sp³-hybridized carbons (Fsp3) is 0.389. The number of nitrogens with one attached hydrogen (secondary N) is 1. The maximum atomic E-state index is 12.0. The summed E-state index contributed by atoms with van der Waals surface area (Å²) in [5.41, 5.74) is 1.36. The molecule has 0 spiro atoms. The van der Waals surface area contributed by atoms with Gasteiger partial charge in [0.15, 0.2) is 17.6 Å². The lowest BCUT2D eigenvalue weighted by atomic mass is 10.2. The molecule has 7 nitrogen and oxygen atoms in total. The van der Waals surface area contributed by atoms with E-state index in [2.05, 4.69) is 10.3 Å². The Morgan fingerprint density at radius 1 is 1.27 bits per heavy atom. The summed E-state index contributed by atoms with van der Waals surface area (Å²) in [6, 6.07) is 5.52. The highest BCUT2D eigenvalue weighted by molar-refractivity contribution is 7.13. The van der Waals surface area contributed by atoms with Crippen molar-refractivity contribution < 1.29 is 23.8 Å². The number of nitrogens with zero attached hydrogens (tertiary/aromatic N) is 1. The molecule has 8 heteroatoms. The third-order valence-electron chi connectivity index (χ3n) is 3.54. The monoisotopic (exact) mass is 378 g/mol. The van der Waals surface area contributed by atoms with Crippen molar-refractivity contribution in [1.82, 2.24) is 10.3 Å². The molecule has 0 aliphatic carbocycles. The molecule has 1 N–H and O–H groups in total. The van der Waals surface area contributed by atoms with Gasteiger partial charge >= 0.3 is 5.97 Å². The fourth-order valence-corrected chi connectivity index (χ4v) is 3.17. The Kier molecular flexibility index (Phi) is 6.97. The molecule has 0 aliphatic heterocycles. The van der Waals surface area contributed by atoms with Crippen molar-refractivity contribution >= 4 is 23.2 Å². The van der Waals surface area contributed by atoms with E-state index in [0.717, 1.165) is 5.56 Å². The summed E-state index contributed by atoms with van der Waals surface area (Å²) >= 11 is 1.39. The first kappa shape index (κ1) is 19.7. The summed E-state index contributed by atoms with van der Waals surface area (Å²) < 4.78 is 15.8. The quantitative estimate of drug-likeness (QED) is 0.710. The van der Waals surface area contributed by atoms with Crippen molar-refractivity contribution in [3.63, 3.8) is 0 Å². The lowest BCUT2D eigenvalue weighted by molar-refractivity contribution is -0.154. The smallest absolute Gasteiger partial charge is 0.312 e. The van der Waals surface area contributed by atoms with Gasteiger partial charge in [-0.2, -0.15) is 0 Å². The molecule has 0 unspecified atom stereocenters. The number of hydrogen-bond acceptors (Lipinski definition) is 7. The summed E-state index contributed by atoms with van der Waals surface area (Å²) in [5.74, 6) is 0.374. The topological polar surface area (TPSA) is 86.8 Å². The Labute approximate surface area is 156 Å². The highest BCUT2D eigenvalue weighted by Crippen LogP contribution is 2.38. The average molecular weight is 378 g/mol. The van der Waals surface area contributed by atoms with Crippen LogP contribution in [-0.2, 0) is 20.7 Å². The van der Waals surface area contributed by atoms with Gasteiger partial charge in [0, 0.05) is 11.9 Å². The largest absolute Gasteiger partial charge is 0.493 e. The van der Waals surface area contributed by atoms with Crippen molar-refractivity contribution in [2.45, 2.75) is 26.4 Å². The van der Waals surface area contributed by atoms with Gasteiger partial charge in [0.25, 0.3) is 5.91 Å². The van der Waals surface area contributed by atoms with Crippen molar-refractivity contribution in [3.05, 3.63) is 29.3 Å². The van der Waals surface area contributed by atoms with E-state index in [-0.39, 0.29) is 12.3 Å². The molecule has 1 atom stereocenters. The fourth-order valence-electron chi connectivity index (χ4n) is 2.33. The first-order chi connectivity index (χ1) is 12.5. The minimum absolute atomic E-state index is 0.00741. The maximum Gasteiger partial charge on any atom is 0.312 e. The van der Waals surface area contributed by atoms with Gasteiger partial charge in [0.1, 0.15) is 5.01 Å². The van der Waals surface area contributed by atoms with Crippen LogP contribution >= 0.6 is 11.3 Å². The van der Waals surface area contributed by atoms with Crippen molar-refractivity contribution in [3.8, 4) is 22.1 Å². The number of methoxy groups -OCH3 is 2. The Balaban J connectivity index is 2.09. The molecule has 1 aromatic heterocycles. The van der Waals surface area contributed by atoms with Crippen LogP contribution in [0.5, 0.6) is 11.5 Å². The zero-order valence-electron chi connectivity index (χ0n) is 15.2. The Hall–Kier alpha value is -2.61. The number of ether oxygens (including phenoxy) is 3. The second-order valence-corrected chi connectivity index (χ2v) is 6.25. The lowest BCUT2D eigenvalue weighted by Crippen LogP contribution is -2.35. The lowest BCUT2D eigenvalue weighted by Gasteiger charge is -2.12. The molecule has 1 heterocycles. The van der Waals surface area contributed by atoms with Crippen LogP contribution < -0.4 is 14.8 Å². The third-order valence-corrected chi connectivity index (χ3v) is 4.46. The second kappa shape index (κ2) is 9.19. The van der Waals surface area contributed by atoms with Crippen LogP contribution in [0.25, 0.3) is 10.6 Å². The van der Waals surface area contributed by atoms with Gasteiger partial charge in [-0.3, -0.25) is 9.59 Å². The number of aromatic nitrogens is 1. The van der Waals surface area contributed by atoms with Crippen molar-refractivity contribution in [2.24, 2.45) is 0 Å². The minimum Gasteiger partial charge on any atom is -0.493 e. The molecule has 0 saturated carbocycles. The van der Waals surface area contributed by atoms with E-state index in [1.165, 1.54) is 18.3 Å². The van der Waals surface area contributed by atoms with Crippen LogP contribution in [0, 0.1) is 0 Å². The molecule has 1 amide bonds. The molecule has 1 aromatic carbocycles. The molecule has 140 valence electrons. The number of para-hydroxylation sites is 1. The van der Waals surface area contributed by atoms with Gasteiger partial charge in [-0.25, -0.2) is 4.98 Å². The van der Waals surface area contributed by atoms with Crippen LogP contribution in [-0.4, -0.2) is 43.7 Å². The molecule has 0 fully saturated rings. The van der Waals surface area contributed by atoms with E-state index in [4.69, 9.17) is 14.2 Å². The van der Waals surface area contributed by atoms with Gasteiger partial charge in [-0.15, -0.1) is 11.3 Å². The Bertz CT molecular complexity index is 775. The number of thiazole rings is 1. The number of esters is 1. The van der Waals surface area contributed by atoms with Gasteiger partial charge in [0.2, 0.25) is 0 Å². The zero-order chi connectivity index (χ0) is 19.1. The highest BCUT2D eigenvalue weighted by atomic mass is 32.1. The molecule has 26 heavy (non-hydrogen) atoms. The van der Waals surface area contributed by atoms with Crippen LogP contribution in [0.2, 0.25) is 0 Å².